The largest absolute Gasteiger partial charge is 0.481 e. The molecule has 0 spiro atoms. The first-order valence-electron chi connectivity index (χ1n) is 6.25. The number of anilines is 1. The summed E-state index contributed by atoms with van der Waals surface area (Å²) < 4.78 is 5.10. The second kappa shape index (κ2) is 7.09. The molecule has 4 nitrogen and oxygen atoms in total. The lowest BCUT2D eigenvalue weighted by Crippen LogP contribution is -2.06. The van der Waals surface area contributed by atoms with Gasteiger partial charge in [-0.2, -0.15) is 4.98 Å². The summed E-state index contributed by atoms with van der Waals surface area (Å²) in [4.78, 5) is 8.46. The van der Waals surface area contributed by atoms with Gasteiger partial charge in [0.1, 0.15) is 11.6 Å². The van der Waals surface area contributed by atoms with Gasteiger partial charge in [-0.3, -0.25) is 0 Å². The molecule has 0 radical (unpaired) electrons. The lowest BCUT2D eigenvalue weighted by atomic mass is 10.1. The Morgan fingerprint density at radius 2 is 2.06 bits per heavy atom. The number of aryl methyl sites for hydroxylation is 1. The van der Waals surface area contributed by atoms with Crippen LogP contribution in [0.4, 0.5) is 5.82 Å². The van der Waals surface area contributed by atoms with E-state index in [-0.39, 0.29) is 0 Å². The Morgan fingerprint density at radius 3 is 2.71 bits per heavy atom. The summed E-state index contributed by atoms with van der Waals surface area (Å²) in [5, 5.41) is 3.30. The van der Waals surface area contributed by atoms with E-state index < -0.39 is 0 Å². The van der Waals surface area contributed by atoms with Gasteiger partial charge in [-0.25, -0.2) is 4.98 Å². The molecule has 0 bridgehead atoms. The fourth-order valence-electron chi connectivity index (χ4n) is 1.63. The Bertz CT molecular complexity index is 339. The van der Waals surface area contributed by atoms with Crippen molar-refractivity contribution in [3.8, 4) is 5.88 Å². The van der Waals surface area contributed by atoms with Crippen molar-refractivity contribution in [1.29, 1.82) is 0 Å². The molecule has 0 unspecified atom stereocenters. The van der Waals surface area contributed by atoms with Gasteiger partial charge in [-0.15, -0.1) is 0 Å². The van der Waals surface area contributed by atoms with Crippen LogP contribution in [0.15, 0.2) is 6.07 Å². The Labute approximate surface area is 104 Å². The zero-order valence-electron chi connectivity index (χ0n) is 11.3. The summed E-state index contributed by atoms with van der Waals surface area (Å²) in [5.41, 5.74) is 0. The van der Waals surface area contributed by atoms with Crippen molar-refractivity contribution in [2.75, 3.05) is 19.0 Å². The van der Waals surface area contributed by atoms with E-state index >= 15 is 0 Å². The quantitative estimate of drug-likeness (QED) is 0.740. The third-order valence-corrected chi connectivity index (χ3v) is 2.54. The SMILES string of the molecule is COc1cc(NCCCCC(C)C)nc(C)n1. The molecule has 17 heavy (non-hydrogen) atoms. The van der Waals surface area contributed by atoms with Crippen LogP contribution in [0, 0.1) is 12.8 Å². The van der Waals surface area contributed by atoms with Crippen molar-refractivity contribution in [2.45, 2.75) is 40.0 Å². The molecule has 0 saturated carbocycles. The maximum atomic E-state index is 5.10. The number of ether oxygens (including phenoxy) is 1. The molecule has 1 heterocycles. The molecule has 4 heteroatoms. The zero-order valence-corrected chi connectivity index (χ0v) is 11.3. The zero-order chi connectivity index (χ0) is 12.7. The molecule has 0 fully saturated rings. The molecule has 1 rings (SSSR count). The van der Waals surface area contributed by atoms with Crippen LogP contribution in [-0.4, -0.2) is 23.6 Å². The van der Waals surface area contributed by atoms with Crippen LogP contribution in [0.5, 0.6) is 5.88 Å². The highest BCUT2D eigenvalue weighted by Gasteiger charge is 2.01. The highest BCUT2D eigenvalue weighted by molar-refractivity contribution is 5.38. The van der Waals surface area contributed by atoms with Crippen LogP contribution >= 0.6 is 0 Å². The van der Waals surface area contributed by atoms with Crippen LogP contribution in [0.2, 0.25) is 0 Å². The van der Waals surface area contributed by atoms with Crippen molar-refractivity contribution < 1.29 is 4.74 Å². The number of unbranched alkanes of at least 4 members (excludes halogenated alkanes) is 1. The number of rotatable bonds is 7. The van der Waals surface area contributed by atoms with Crippen LogP contribution in [0.3, 0.4) is 0 Å². The van der Waals surface area contributed by atoms with Crippen molar-refractivity contribution in [1.82, 2.24) is 9.97 Å². The highest BCUT2D eigenvalue weighted by Crippen LogP contribution is 2.13. The summed E-state index contributed by atoms with van der Waals surface area (Å²) in [6.07, 6.45) is 3.71. The standard InChI is InChI=1S/C13H23N3O/c1-10(2)7-5-6-8-14-12-9-13(17-4)16-11(3)15-12/h9-10H,5-8H2,1-4H3,(H,14,15,16). The summed E-state index contributed by atoms with van der Waals surface area (Å²) in [7, 11) is 1.62. The van der Waals surface area contributed by atoms with Gasteiger partial charge in [-0.05, 0) is 19.3 Å². The van der Waals surface area contributed by atoms with Crippen LogP contribution in [-0.2, 0) is 0 Å². The normalized spacial score (nSPS) is 10.6. The van der Waals surface area contributed by atoms with E-state index in [9.17, 15) is 0 Å². The fourth-order valence-corrected chi connectivity index (χ4v) is 1.63. The topological polar surface area (TPSA) is 47.0 Å². The van der Waals surface area contributed by atoms with Gasteiger partial charge < -0.3 is 10.1 Å². The number of nitrogens with zero attached hydrogens (tertiary/aromatic N) is 2. The molecule has 0 aromatic carbocycles. The number of hydrogen-bond acceptors (Lipinski definition) is 4. The Morgan fingerprint density at radius 1 is 1.29 bits per heavy atom. The first kappa shape index (κ1) is 13.7. The van der Waals surface area contributed by atoms with Crippen molar-refractivity contribution in [3.63, 3.8) is 0 Å². The molecule has 0 aliphatic rings. The summed E-state index contributed by atoms with van der Waals surface area (Å²) in [6, 6.07) is 1.83. The molecule has 1 N–H and O–H groups in total. The van der Waals surface area contributed by atoms with Crippen LogP contribution in [0.1, 0.15) is 38.9 Å². The smallest absolute Gasteiger partial charge is 0.218 e. The Kier molecular flexibility index (Phi) is 5.73. The van der Waals surface area contributed by atoms with Crippen molar-refractivity contribution in [2.24, 2.45) is 5.92 Å². The third kappa shape index (κ3) is 5.52. The van der Waals surface area contributed by atoms with Crippen LogP contribution in [0.25, 0.3) is 0 Å². The van der Waals surface area contributed by atoms with E-state index in [4.69, 9.17) is 4.74 Å². The number of hydrogen-bond donors (Lipinski definition) is 1. The van der Waals surface area contributed by atoms with E-state index in [0.29, 0.717) is 5.88 Å². The van der Waals surface area contributed by atoms with E-state index in [1.54, 1.807) is 7.11 Å². The molecular formula is C13H23N3O. The molecule has 0 aliphatic heterocycles. The first-order valence-corrected chi connectivity index (χ1v) is 6.25. The number of nitrogens with one attached hydrogen (secondary N) is 1. The summed E-state index contributed by atoms with van der Waals surface area (Å²) in [5.74, 6) is 2.98. The van der Waals surface area contributed by atoms with Gasteiger partial charge in [0.2, 0.25) is 5.88 Å². The van der Waals surface area contributed by atoms with Gasteiger partial charge in [0, 0.05) is 12.6 Å². The van der Waals surface area contributed by atoms with Crippen LogP contribution < -0.4 is 10.1 Å². The minimum absolute atomic E-state index is 0.613. The maximum absolute atomic E-state index is 5.10. The van der Waals surface area contributed by atoms with Gasteiger partial charge in [0.05, 0.1) is 7.11 Å². The monoisotopic (exact) mass is 237 g/mol. The second-order valence-corrected chi connectivity index (χ2v) is 4.66. The van der Waals surface area contributed by atoms with E-state index in [0.717, 1.165) is 24.1 Å². The molecule has 0 saturated heterocycles. The summed E-state index contributed by atoms with van der Waals surface area (Å²) >= 11 is 0. The predicted octanol–water partition coefficient (Wildman–Crippen LogP) is 3.03. The van der Waals surface area contributed by atoms with Crippen molar-refractivity contribution in [3.05, 3.63) is 11.9 Å². The molecule has 0 atom stereocenters. The van der Waals surface area contributed by atoms with Gasteiger partial charge in [0.25, 0.3) is 0 Å². The maximum Gasteiger partial charge on any atom is 0.218 e. The number of aromatic nitrogens is 2. The van der Waals surface area contributed by atoms with Crippen molar-refractivity contribution >= 4 is 5.82 Å². The molecule has 0 amide bonds. The Balaban J connectivity index is 2.33. The molecule has 96 valence electrons. The Hall–Kier alpha value is -1.32. The molecule has 0 aliphatic carbocycles. The van der Waals surface area contributed by atoms with Gasteiger partial charge >= 0.3 is 0 Å². The lowest BCUT2D eigenvalue weighted by Gasteiger charge is -2.08. The first-order chi connectivity index (χ1) is 8.11. The minimum Gasteiger partial charge on any atom is -0.481 e. The minimum atomic E-state index is 0.613. The fraction of sp³-hybridized carbons (Fsp3) is 0.692. The van der Waals surface area contributed by atoms with Gasteiger partial charge in [0.15, 0.2) is 0 Å². The molecule has 1 aromatic rings. The van der Waals surface area contributed by atoms with E-state index in [1.807, 2.05) is 13.0 Å². The summed E-state index contributed by atoms with van der Waals surface area (Å²) in [6.45, 7) is 7.33. The van der Waals surface area contributed by atoms with E-state index in [2.05, 4.69) is 29.1 Å². The predicted molar refractivity (Wildman–Crippen MR) is 70.5 cm³/mol. The van der Waals surface area contributed by atoms with E-state index in [1.165, 1.54) is 19.3 Å². The lowest BCUT2D eigenvalue weighted by molar-refractivity contribution is 0.396. The molecular weight excluding hydrogens is 214 g/mol. The highest BCUT2D eigenvalue weighted by atomic mass is 16.5. The second-order valence-electron chi connectivity index (χ2n) is 4.66. The average Bonchev–Trinajstić information content (AvgIpc) is 2.27. The number of methoxy groups -OCH3 is 1. The molecule has 1 aromatic heterocycles. The third-order valence-electron chi connectivity index (χ3n) is 2.54. The average molecular weight is 237 g/mol. The van der Waals surface area contributed by atoms with Gasteiger partial charge in [-0.1, -0.05) is 26.7 Å².